The molecule has 2 heterocycles. The number of aromatic nitrogens is 2. The van der Waals surface area contributed by atoms with Gasteiger partial charge in [0, 0.05) is 42.7 Å². The third kappa shape index (κ3) is 4.97. The first-order valence-electron chi connectivity index (χ1n) is 8.82. The molecule has 0 radical (unpaired) electrons. The molecule has 1 aromatic carbocycles. The van der Waals surface area contributed by atoms with Gasteiger partial charge >= 0.3 is 6.03 Å². The summed E-state index contributed by atoms with van der Waals surface area (Å²) in [7, 11) is 1.43. The number of carbonyl (C=O) groups is 1. The minimum absolute atomic E-state index is 0.0474. The fraction of sp³-hybridized carbons (Fsp3) is 0.150. The maximum atomic E-state index is 14.1. The molecule has 0 aliphatic rings. The summed E-state index contributed by atoms with van der Waals surface area (Å²) >= 11 is 0. The van der Waals surface area contributed by atoms with Crippen molar-refractivity contribution in [2.75, 3.05) is 25.6 Å². The summed E-state index contributed by atoms with van der Waals surface area (Å²) in [5, 5.41) is 13.7. The topological polar surface area (TPSA) is 106 Å². The number of hydrogen-bond donors (Lipinski definition) is 3. The molecule has 0 saturated carbocycles. The predicted octanol–water partition coefficient (Wildman–Crippen LogP) is 3.34. The van der Waals surface area contributed by atoms with Gasteiger partial charge in [0.25, 0.3) is 0 Å². The van der Waals surface area contributed by atoms with E-state index in [1.54, 1.807) is 12.1 Å². The number of benzene rings is 1. The average Bonchev–Trinajstić information content (AvgIpc) is 2.75. The van der Waals surface area contributed by atoms with Crippen LogP contribution in [-0.4, -0.2) is 41.4 Å². The molecular formula is C20H18F2N4O4. The smallest absolute Gasteiger partial charge is 0.320 e. The van der Waals surface area contributed by atoms with Gasteiger partial charge in [0.1, 0.15) is 18.2 Å². The van der Waals surface area contributed by atoms with Gasteiger partial charge < -0.3 is 19.9 Å². The third-order valence-electron chi connectivity index (χ3n) is 3.85. The van der Waals surface area contributed by atoms with Crippen molar-refractivity contribution in [1.29, 1.82) is 0 Å². The van der Waals surface area contributed by atoms with Crippen molar-refractivity contribution < 1.29 is 28.2 Å². The van der Waals surface area contributed by atoms with Crippen LogP contribution in [0.2, 0.25) is 0 Å². The molecule has 3 aromatic rings. The van der Waals surface area contributed by atoms with Crippen LogP contribution in [0, 0.1) is 11.6 Å². The second kappa shape index (κ2) is 9.61. The lowest BCUT2D eigenvalue weighted by atomic mass is 10.1. The predicted molar refractivity (Wildman–Crippen MR) is 105 cm³/mol. The maximum absolute atomic E-state index is 14.1. The molecule has 0 unspecified atom stereocenters. The molecule has 2 aromatic heterocycles. The minimum Gasteiger partial charge on any atom is -0.475 e. The molecule has 10 heteroatoms. The molecule has 0 saturated heterocycles. The van der Waals surface area contributed by atoms with Gasteiger partial charge in [0.15, 0.2) is 17.4 Å². The number of ether oxygens (including phenoxy) is 2. The van der Waals surface area contributed by atoms with Crippen LogP contribution in [0.5, 0.6) is 17.4 Å². The highest BCUT2D eigenvalue weighted by Gasteiger charge is 2.16. The molecule has 0 bridgehead atoms. The standard InChI is InChI=1S/C20H18F2N4O4/c1-23-20(28)26-17-9-16(30-19-14(21)3-2-4-15(19)22)13(11-24-17)12-5-6-18(25-10-12)29-8-7-27/h2-6,9-11,27H,7-8H2,1H3,(H2,23,24,26,28). The highest BCUT2D eigenvalue weighted by Crippen LogP contribution is 2.36. The van der Waals surface area contributed by atoms with Crippen LogP contribution in [-0.2, 0) is 0 Å². The molecule has 8 nitrogen and oxygen atoms in total. The second-order valence-electron chi connectivity index (χ2n) is 5.88. The van der Waals surface area contributed by atoms with Crippen LogP contribution in [0.1, 0.15) is 0 Å². The van der Waals surface area contributed by atoms with Gasteiger partial charge in [0.05, 0.1) is 6.61 Å². The Labute approximate surface area is 170 Å². The lowest BCUT2D eigenvalue weighted by molar-refractivity contribution is 0.196. The highest BCUT2D eigenvalue weighted by molar-refractivity contribution is 5.88. The van der Waals surface area contributed by atoms with Crippen LogP contribution in [0.15, 0.2) is 48.8 Å². The number of halogens is 2. The summed E-state index contributed by atoms with van der Waals surface area (Å²) in [4.78, 5) is 19.8. The number of hydrogen-bond acceptors (Lipinski definition) is 6. The van der Waals surface area contributed by atoms with Crippen molar-refractivity contribution in [3.8, 4) is 28.5 Å². The molecule has 156 valence electrons. The van der Waals surface area contributed by atoms with E-state index in [1.165, 1.54) is 31.6 Å². The summed E-state index contributed by atoms with van der Waals surface area (Å²) in [6, 6.07) is 7.38. The Kier molecular flexibility index (Phi) is 6.71. The molecule has 0 aliphatic carbocycles. The van der Waals surface area contributed by atoms with E-state index in [0.717, 1.165) is 12.1 Å². The normalized spacial score (nSPS) is 10.4. The van der Waals surface area contributed by atoms with Gasteiger partial charge in [0.2, 0.25) is 5.88 Å². The van der Waals surface area contributed by atoms with Crippen molar-refractivity contribution in [3.63, 3.8) is 0 Å². The van der Waals surface area contributed by atoms with E-state index in [-0.39, 0.29) is 24.8 Å². The van der Waals surface area contributed by atoms with Crippen LogP contribution < -0.4 is 20.1 Å². The van der Waals surface area contributed by atoms with Gasteiger partial charge in [-0.3, -0.25) is 5.32 Å². The van der Waals surface area contributed by atoms with Crippen molar-refractivity contribution in [3.05, 3.63) is 60.4 Å². The average molecular weight is 416 g/mol. The lowest BCUT2D eigenvalue weighted by Gasteiger charge is -2.14. The first-order valence-corrected chi connectivity index (χ1v) is 8.82. The fourth-order valence-electron chi connectivity index (χ4n) is 2.45. The van der Waals surface area contributed by atoms with E-state index in [1.807, 2.05) is 0 Å². The number of rotatable bonds is 7. The van der Waals surface area contributed by atoms with E-state index in [4.69, 9.17) is 14.6 Å². The van der Waals surface area contributed by atoms with E-state index in [9.17, 15) is 13.6 Å². The number of nitrogens with one attached hydrogen (secondary N) is 2. The Balaban J connectivity index is 2.00. The van der Waals surface area contributed by atoms with E-state index >= 15 is 0 Å². The fourth-order valence-corrected chi connectivity index (χ4v) is 2.45. The number of urea groups is 1. The largest absolute Gasteiger partial charge is 0.475 e. The first kappa shape index (κ1) is 20.9. The molecule has 0 fully saturated rings. The summed E-state index contributed by atoms with van der Waals surface area (Å²) in [5.41, 5.74) is 0.901. The van der Waals surface area contributed by atoms with Crippen LogP contribution in [0.4, 0.5) is 19.4 Å². The number of anilines is 1. The Morgan fingerprint density at radius 2 is 1.90 bits per heavy atom. The van der Waals surface area contributed by atoms with Crippen LogP contribution >= 0.6 is 0 Å². The first-order chi connectivity index (χ1) is 14.5. The van der Waals surface area contributed by atoms with E-state index < -0.39 is 23.4 Å². The van der Waals surface area contributed by atoms with Gasteiger partial charge in [-0.1, -0.05) is 6.07 Å². The SMILES string of the molecule is CNC(=O)Nc1cc(Oc2c(F)cccc2F)c(-c2ccc(OCCO)nc2)cn1. The number of carbonyl (C=O) groups excluding carboxylic acids is 1. The number of amides is 2. The number of aliphatic hydroxyl groups is 1. The summed E-state index contributed by atoms with van der Waals surface area (Å²) in [6.45, 7) is -0.0615. The Bertz CT molecular complexity index is 1010. The number of nitrogens with zero attached hydrogens (tertiary/aromatic N) is 2. The van der Waals surface area contributed by atoms with Gasteiger partial charge in [-0.05, 0) is 18.2 Å². The molecular weight excluding hydrogens is 398 g/mol. The van der Waals surface area contributed by atoms with Crippen molar-refractivity contribution >= 4 is 11.8 Å². The monoisotopic (exact) mass is 416 g/mol. The molecule has 0 atom stereocenters. The van der Waals surface area contributed by atoms with Crippen LogP contribution in [0.25, 0.3) is 11.1 Å². The number of pyridine rings is 2. The second-order valence-corrected chi connectivity index (χ2v) is 5.88. The molecule has 3 rings (SSSR count). The van der Waals surface area contributed by atoms with E-state index in [0.29, 0.717) is 17.0 Å². The Hall–Kier alpha value is -3.79. The Morgan fingerprint density at radius 1 is 1.13 bits per heavy atom. The summed E-state index contributed by atoms with van der Waals surface area (Å²) in [5.74, 6) is -1.91. The van der Waals surface area contributed by atoms with Gasteiger partial charge in [-0.2, -0.15) is 0 Å². The maximum Gasteiger partial charge on any atom is 0.320 e. The van der Waals surface area contributed by atoms with Crippen molar-refractivity contribution in [1.82, 2.24) is 15.3 Å². The van der Waals surface area contributed by atoms with Gasteiger partial charge in [-0.15, -0.1) is 0 Å². The molecule has 30 heavy (non-hydrogen) atoms. The van der Waals surface area contributed by atoms with Crippen molar-refractivity contribution in [2.45, 2.75) is 0 Å². The highest BCUT2D eigenvalue weighted by atomic mass is 19.1. The summed E-state index contributed by atoms with van der Waals surface area (Å²) in [6.07, 6.45) is 2.84. The minimum atomic E-state index is -0.885. The number of aliphatic hydroxyl groups excluding tert-OH is 1. The number of para-hydroxylation sites is 1. The molecule has 0 spiro atoms. The molecule has 3 N–H and O–H groups in total. The van der Waals surface area contributed by atoms with Crippen LogP contribution in [0.3, 0.4) is 0 Å². The zero-order valence-corrected chi connectivity index (χ0v) is 15.9. The van der Waals surface area contributed by atoms with E-state index in [2.05, 4.69) is 20.6 Å². The zero-order chi connectivity index (χ0) is 21.5. The zero-order valence-electron chi connectivity index (χ0n) is 15.9. The quantitative estimate of drug-likeness (QED) is 0.546. The Morgan fingerprint density at radius 3 is 2.53 bits per heavy atom. The van der Waals surface area contributed by atoms with Gasteiger partial charge in [-0.25, -0.2) is 23.5 Å². The lowest BCUT2D eigenvalue weighted by Crippen LogP contribution is -2.24. The van der Waals surface area contributed by atoms with Crippen molar-refractivity contribution in [2.24, 2.45) is 0 Å². The summed E-state index contributed by atoms with van der Waals surface area (Å²) < 4.78 is 38.9. The molecule has 2 amide bonds. The third-order valence-corrected chi connectivity index (χ3v) is 3.85. The molecule has 0 aliphatic heterocycles.